The fourth-order valence-corrected chi connectivity index (χ4v) is 1.13. The first kappa shape index (κ1) is 14.2. The van der Waals surface area contributed by atoms with Crippen LogP contribution in [0.25, 0.3) is 0 Å². The molecule has 0 aliphatic rings. The molecule has 6 nitrogen and oxygen atoms in total. The molecule has 0 atom stereocenters. The minimum atomic E-state index is -4.37. The average molecular weight is 265 g/mol. The van der Waals surface area contributed by atoms with Crippen LogP contribution in [0.5, 0.6) is 0 Å². The lowest BCUT2D eigenvalue weighted by Gasteiger charge is -2.09. The van der Waals surface area contributed by atoms with E-state index in [-0.39, 0.29) is 24.5 Å². The Balaban J connectivity index is 2.38. The summed E-state index contributed by atoms with van der Waals surface area (Å²) in [5.41, 5.74) is -0.0565. The quantitative estimate of drug-likeness (QED) is 0.483. The molecule has 0 saturated carbocycles. The van der Waals surface area contributed by atoms with Crippen molar-refractivity contribution >= 4 is 11.4 Å². The number of nitro groups is 1. The first-order valence-electron chi connectivity index (χ1n) is 4.87. The maximum atomic E-state index is 11.7. The molecule has 1 heterocycles. The molecule has 0 amide bonds. The Morgan fingerprint density at radius 3 is 2.83 bits per heavy atom. The summed E-state index contributed by atoms with van der Waals surface area (Å²) in [6.07, 6.45) is -1.98. The van der Waals surface area contributed by atoms with Crippen LogP contribution in [0.15, 0.2) is 18.5 Å². The number of anilines is 1. The van der Waals surface area contributed by atoms with Crippen molar-refractivity contribution in [1.29, 1.82) is 0 Å². The highest BCUT2D eigenvalue weighted by atomic mass is 19.4. The first-order chi connectivity index (χ1) is 8.40. The third-order valence-electron chi connectivity index (χ3n) is 1.82. The Kier molecular flexibility index (Phi) is 4.84. The van der Waals surface area contributed by atoms with Crippen molar-refractivity contribution in [3.8, 4) is 0 Å². The van der Waals surface area contributed by atoms with Crippen molar-refractivity contribution in [2.45, 2.75) is 6.18 Å². The number of rotatable bonds is 6. The van der Waals surface area contributed by atoms with Gasteiger partial charge < -0.3 is 10.1 Å². The van der Waals surface area contributed by atoms with Gasteiger partial charge in [-0.05, 0) is 6.07 Å². The molecule has 100 valence electrons. The van der Waals surface area contributed by atoms with Crippen LogP contribution in [-0.4, -0.2) is 35.8 Å². The lowest BCUT2D eigenvalue weighted by molar-refractivity contribution is -0.384. The first-order valence-corrected chi connectivity index (χ1v) is 4.87. The van der Waals surface area contributed by atoms with Crippen LogP contribution in [-0.2, 0) is 4.74 Å². The normalized spacial score (nSPS) is 11.3. The zero-order chi connectivity index (χ0) is 13.6. The second-order valence-corrected chi connectivity index (χ2v) is 3.24. The third kappa shape index (κ3) is 4.95. The van der Waals surface area contributed by atoms with Gasteiger partial charge in [0.05, 0.1) is 11.5 Å². The predicted octanol–water partition coefficient (Wildman–Crippen LogP) is 1.98. The molecule has 1 N–H and O–H groups in total. The summed E-state index contributed by atoms with van der Waals surface area (Å²) >= 11 is 0. The standard InChI is InChI=1S/C9H10F3N3O3/c10-9(11,12)6-18-4-3-14-7-1-2-13-5-8(7)15(16)17/h1-2,5H,3-4,6H2,(H,13,14). The smallest absolute Gasteiger partial charge is 0.377 e. The molecule has 0 aliphatic heterocycles. The van der Waals surface area contributed by atoms with Crippen molar-refractivity contribution < 1.29 is 22.8 Å². The number of nitrogens with one attached hydrogen (secondary N) is 1. The lowest BCUT2D eigenvalue weighted by atomic mass is 10.3. The van der Waals surface area contributed by atoms with Gasteiger partial charge in [-0.2, -0.15) is 13.2 Å². The highest BCUT2D eigenvalue weighted by Crippen LogP contribution is 2.21. The van der Waals surface area contributed by atoms with Crippen molar-refractivity contribution in [2.75, 3.05) is 25.1 Å². The van der Waals surface area contributed by atoms with Gasteiger partial charge in [-0.25, -0.2) is 0 Å². The lowest BCUT2D eigenvalue weighted by Crippen LogP contribution is -2.20. The van der Waals surface area contributed by atoms with Crippen molar-refractivity contribution in [3.05, 3.63) is 28.6 Å². The number of aromatic nitrogens is 1. The molecule has 0 radical (unpaired) electrons. The number of ether oxygens (including phenoxy) is 1. The molecule has 0 fully saturated rings. The van der Waals surface area contributed by atoms with E-state index < -0.39 is 17.7 Å². The SMILES string of the molecule is O=[N+]([O-])c1cnccc1NCCOCC(F)(F)F. The van der Waals surface area contributed by atoms with Crippen LogP contribution in [0.3, 0.4) is 0 Å². The Hall–Kier alpha value is -1.90. The van der Waals surface area contributed by atoms with Crippen LogP contribution in [0.2, 0.25) is 0 Å². The Labute approximate surface area is 99.9 Å². The molecule has 1 aromatic heterocycles. The van der Waals surface area contributed by atoms with Gasteiger partial charge in [0.1, 0.15) is 18.5 Å². The monoisotopic (exact) mass is 265 g/mol. The molecule has 0 saturated heterocycles. The Morgan fingerprint density at radius 1 is 1.50 bits per heavy atom. The largest absolute Gasteiger partial charge is 0.411 e. The van der Waals surface area contributed by atoms with Crippen LogP contribution in [0.1, 0.15) is 0 Å². The van der Waals surface area contributed by atoms with Crippen molar-refractivity contribution in [3.63, 3.8) is 0 Å². The number of hydrogen-bond donors (Lipinski definition) is 1. The number of halogens is 3. The summed E-state index contributed by atoms with van der Waals surface area (Å²) < 4.78 is 39.5. The van der Waals surface area contributed by atoms with Crippen LogP contribution in [0.4, 0.5) is 24.5 Å². The highest BCUT2D eigenvalue weighted by molar-refractivity contribution is 5.59. The van der Waals surface area contributed by atoms with E-state index in [9.17, 15) is 23.3 Å². The van der Waals surface area contributed by atoms with Gasteiger partial charge in [0.25, 0.3) is 0 Å². The maximum Gasteiger partial charge on any atom is 0.411 e. The predicted molar refractivity (Wildman–Crippen MR) is 56.3 cm³/mol. The Bertz CT molecular complexity index is 412. The van der Waals surface area contributed by atoms with E-state index in [1.807, 2.05) is 0 Å². The molecule has 0 unspecified atom stereocenters. The highest BCUT2D eigenvalue weighted by Gasteiger charge is 2.27. The van der Waals surface area contributed by atoms with Crippen LogP contribution >= 0.6 is 0 Å². The van der Waals surface area contributed by atoms with E-state index >= 15 is 0 Å². The molecule has 1 rings (SSSR count). The van der Waals surface area contributed by atoms with E-state index in [1.54, 1.807) is 0 Å². The average Bonchev–Trinajstić information content (AvgIpc) is 2.27. The van der Waals surface area contributed by atoms with E-state index in [1.165, 1.54) is 12.3 Å². The summed E-state index contributed by atoms with van der Waals surface area (Å²) in [5, 5.41) is 13.2. The summed E-state index contributed by atoms with van der Waals surface area (Å²) in [6.45, 7) is -1.52. The van der Waals surface area contributed by atoms with Crippen LogP contribution in [0, 0.1) is 10.1 Å². The molecular weight excluding hydrogens is 255 g/mol. The second-order valence-electron chi connectivity index (χ2n) is 3.24. The van der Waals surface area contributed by atoms with Crippen molar-refractivity contribution in [2.24, 2.45) is 0 Å². The van der Waals surface area contributed by atoms with E-state index in [0.717, 1.165) is 6.20 Å². The van der Waals surface area contributed by atoms with Gasteiger partial charge in [-0.1, -0.05) is 0 Å². The zero-order valence-electron chi connectivity index (χ0n) is 9.11. The third-order valence-corrected chi connectivity index (χ3v) is 1.82. The van der Waals surface area contributed by atoms with Gasteiger partial charge in [-0.15, -0.1) is 0 Å². The summed E-state index contributed by atoms with van der Waals surface area (Å²) in [5.74, 6) is 0. The molecule has 0 aromatic carbocycles. The van der Waals surface area contributed by atoms with Gasteiger partial charge in [-0.3, -0.25) is 15.1 Å². The number of hydrogen-bond acceptors (Lipinski definition) is 5. The number of nitrogens with zero attached hydrogens (tertiary/aromatic N) is 2. The fraction of sp³-hybridized carbons (Fsp3) is 0.444. The van der Waals surface area contributed by atoms with E-state index in [0.29, 0.717) is 0 Å². The van der Waals surface area contributed by atoms with Gasteiger partial charge in [0.2, 0.25) is 0 Å². The Morgan fingerprint density at radius 2 is 2.22 bits per heavy atom. The summed E-state index contributed by atoms with van der Waals surface area (Å²) in [6, 6.07) is 1.36. The van der Waals surface area contributed by atoms with E-state index in [2.05, 4.69) is 15.0 Å². The van der Waals surface area contributed by atoms with E-state index in [4.69, 9.17) is 0 Å². The maximum absolute atomic E-state index is 11.7. The summed E-state index contributed by atoms with van der Waals surface area (Å²) in [7, 11) is 0. The fourth-order valence-electron chi connectivity index (χ4n) is 1.13. The number of alkyl halides is 3. The van der Waals surface area contributed by atoms with Crippen molar-refractivity contribution in [1.82, 2.24) is 4.98 Å². The minimum Gasteiger partial charge on any atom is -0.377 e. The second kappa shape index (κ2) is 6.15. The minimum absolute atomic E-state index is 0.0287. The van der Waals surface area contributed by atoms with Gasteiger partial charge >= 0.3 is 11.9 Å². The molecule has 18 heavy (non-hydrogen) atoms. The molecule has 0 aliphatic carbocycles. The molecule has 0 bridgehead atoms. The molecule has 9 heteroatoms. The topological polar surface area (TPSA) is 77.3 Å². The van der Waals surface area contributed by atoms with Crippen LogP contribution < -0.4 is 5.32 Å². The number of pyridine rings is 1. The molecule has 1 aromatic rings. The van der Waals surface area contributed by atoms with Gasteiger partial charge in [0, 0.05) is 12.7 Å². The van der Waals surface area contributed by atoms with Gasteiger partial charge in [0.15, 0.2) is 0 Å². The molecular formula is C9H10F3N3O3. The molecule has 0 spiro atoms. The summed E-state index contributed by atoms with van der Waals surface area (Å²) in [4.78, 5) is 13.5. The zero-order valence-corrected chi connectivity index (χ0v) is 9.11.